The van der Waals surface area contributed by atoms with Gasteiger partial charge in [0.25, 0.3) is 11.2 Å². The van der Waals surface area contributed by atoms with Crippen LogP contribution < -0.4 is 24.4 Å². The van der Waals surface area contributed by atoms with Crippen LogP contribution in [-0.2, 0) is 9.53 Å². The van der Waals surface area contributed by atoms with Gasteiger partial charge >= 0.3 is 5.97 Å². The first-order valence-electron chi connectivity index (χ1n) is 11.1. The lowest BCUT2D eigenvalue weighted by Crippen LogP contribution is -2.40. The number of aryl methyl sites for hydroxylation is 1. The first-order chi connectivity index (χ1) is 17.3. The minimum atomic E-state index is -0.932. The van der Waals surface area contributed by atoms with Gasteiger partial charge in [-0.15, -0.1) is 0 Å². The maximum atomic E-state index is 13.7. The smallest absolute Gasteiger partial charge is 0.338 e. The van der Waals surface area contributed by atoms with Gasteiger partial charge in [-0.1, -0.05) is 29.5 Å². The molecule has 10 nitrogen and oxygen atoms in total. The Morgan fingerprint density at radius 3 is 2.78 bits per heavy atom. The summed E-state index contributed by atoms with van der Waals surface area (Å²) in [5, 5.41) is 11.6. The molecule has 0 fully saturated rings. The Labute approximate surface area is 208 Å². The van der Waals surface area contributed by atoms with E-state index in [4.69, 9.17) is 14.2 Å². The molecule has 0 saturated carbocycles. The molecule has 2 aromatic carbocycles. The average molecular weight is 508 g/mol. The topological polar surface area (TPSA) is 122 Å². The zero-order valence-electron chi connectivity index (χ0n) is 19.6. The van der Waals surface area contributed by atoms with Crippen LogP contribution in [0.25, 0.3) is 6.08 Å². The van der Waals surface area contributed by atoms with Gasteiger partial charge in [-0.05, 0) is 50.1 Å². The molecular formula is C25H21N3O7S. The van der Waals surface area contributed by atoms with Crippen molar-refractivity contribution in [3.05, 3.63) is 94.2 Å². The van der Waals surface area contributed by atoms with Gasteiger partial charge in [0, 0.05) is 11.6 Å². The van der Waals surface area contributed by atoms with Crippen molar-refractivity contribution in [2.45, 2.75) is 26.8 Å². The van der Waals surface area contributed by atoms with E-state index in [1.165, 1.54) is 22.0 Å². The zero-order valence-corrected chi connectivity index (χ0v) is 20.5. The van der Waals surface area contributed by atoms with Crippen molar-refractivity contribution in [1.82, 2.24) is 4.57 Å². The second-order valence-electron chi connectivity index (χ2n) is 8.22. The van der Waals surface area contributed by atoms with E-state index in [1.807, 2.05) is 6.07 Å². The van der Waals surface area contributed by atoms with Gasteiger partial charge in [0.2, 0.25) is 6.79 Å². The summed E-state index contributed by atoms with van der Waals surface area (Å²) in [6, 6.07) is 9.10. The van der Waals surface area contributed by atoms with Crippen LogP contribution in [0.4, 0.5) is 5.69 Å². The predicted molar refractivity (Wildman–Crippen MR) is 131 cm³/mol. The molecule has 5 rings (SSSR count). The number of ether oxygens (including phenoxy) is 3. The van der Waals surface area contributed by atoms with Crippen molar-refractivity contribution in [1.29, 1.82) is 0 Å². The van der Waals surface area contributed by atoms with E-state index in [0.717, 1.165) is 5.56 Å². The summed E-state index contributed by atoms with van der Waals surface area (Å²) in [4.78, 5) is 42.7. The number of hydrogen-bond acceptors (Lipinski definition) is 9. The highest BCUT2D eigenvalue weighted by Gasteiger charge is 2.34. The highest BCUT2D eigenvalue weighted by Crippen LogP contribution is 2.34. The number of hydrogen-bond donors (Lipinski definition) is 0. The molecule has 36 heavy (non-hydrogen) atoms. The van der Waals surface area contributed by atoms with Crippen LogP contribution in [0, 0.1) is 17.0 Å². The van der Waals surface area contributed by atoms with E-state index < -0.39 is 16.9 Å². The molecule has 0 unspecified atom stereocenters. The number of benzene rings is 2. The summed E-state index contributed by atoms with van der Waals surface area (Å²) in [5.74, 6) is 0.586. The first-order valence-corrected chi connectivity index (χ1v) is 11.9. The van der Waals surface area contributed by atoms with Crippen LogP contribution in [0.5, 0.6) is 11.5 Å². The molecule has 0 N–H and O–H groups in total. The summed E-state index contributed by atoms with van der Waals surface area (Å²) in [6.07, 6.45) is 1.71. The third-order valence-electron chi connectivity index (χ3n) is 5.96. The normalized spacial score (nSPS) is 16.5. The summed E-state index contributed by atoms with van der Waals surface area (Å²) < 4.78 is 17.8. The highest BCUT2D eigenvalue weighted by atomic mass is 32.1. The molecule has 2 aliphatic rings. The Kier molecular flexibility index (Phi) is 5.92. The Bertz CT molecular complexity index is 1630. The van der Waals surface area contributed by atoms with Crippen molar-refractivity contribution in [3.63, 3.8) is 0 Å². The maximum absolute atomic E-state index is 13.7. The van der Waals surface area contributed by atoms with Crippen molar-refractivity contribution >= 4 is 29.1 Å². The fourth-order valence-corrected chi connectivity index (χ4v) is 5.30. The SMILES string of the molecule is CCOC(=O)C1=C(C)N=c2s/c(=C/c3ccc4c(c3)OCO4)c(=O)n2[C@@H]1c1ccc(C)c([N+](=O)[O-])c1. The van der Waals surface area contributed by atoms with Gasteiger partial charge in [0.05, 0.1) is 33.4 Å². The lowest BCUT2D eigenvalue weighted by Gasteiger charge is -2.24. The van der Waals surface area contributed by atoms with E-state index in [0.29, 0.717) is 37.7 Å². The van der Waals surface area contributed by atoms with Gasteiger partial charge in [-0.25, -0.2) is 9.79 Å². The molecule has 3 heterocycles. The molecule has 0 amide bonds. The molecule has 0 bridgehead atoms. The van der Waals surface area contributed by atoms with Crippen molar-refractivity contribution in [2.75, 3.05) is 13.4 Å². The van der Waals surface area contributed by atoms with Crippen LogP contribution in [0.1, 0.15) is 36.6 Å². The molecule has 0 spiro atoms. The molecule has 184 valence electrons. The van der Waals surface area contributed by atoms with Crippen molar-refractivity contribution in [3.8, 4) is 11.5 Å². The third-order valence-corrected chi connectivity index (χ3v) is 6.94. The van der Waals surface area contributed by atoms with Crippen molar-refractivity contribution in [2.24, 2.45) is 4.99 Å². The fraction of sp³-hybridized carbons (Fsp3) is 0.240. The molecule has 0 aliphatic carbocycles. The number of esters is 1. The molecular weight excluding hydrogens is 486 g/mol. The van der Waals surface area contributed by atoms with E-state index in [2.05, 4.69) is 4.99 Å². The van der Waals surface area contributed by atoms with Gasteiger partial charge < -0.3 is 14.2 Å². The number of carbonyl (C=O) groups is 1. The van der Waals surface area contributed by atoms with Gasteiger partial charge in [-0.2, -0.15) is 0 Å². The summed E-state index contributed by atoms with van der Waals surface area (Å²) >= 11 is 1.17. The van der Waals surface area contributed by atoms with Crippen LogP contribution in [0.3, 0.4) is 0 Å². The molecule has 11 heteroatoms. The van der Waals surface area contributed by atoms with Crippen LogP contribution >= 0.6 is 11.3 Å². The minimum Gasteiger partial charge on any atom is -0.463 e. The van der Waals surface area contributed by atoms with E-state index >= 15 is 0 Å². The van der Waals surface area contributed by atoms with Gasteiger partial charge in [-0.3, -0.25) is 19.5 Å². The number of nitro benzene ring substituents is 1. The first kappa shape index (κ1) is 23.5. The zero-order chi connectivity index (χ0) is 25.6. The van der Waals surface area contributed by atoms with Gasteiger partial charge in [0.15, 0.2) is 16.3 Å². The second kappa shape index (κ2) is 9.08. The summed E-state index contributed by atoms with van der Waals surface area (Å²) in [5.41, 5.74) is 1.69. The molecule has 0 saturated heterocycles. The monoisotopic (exact) mass is 507 g/mol. The number of allylic oxidation sites excluding steroid dienone is 1. The van der Waals surface area contributed by atoms with Crippen LogP contribution in [0.2, 0.25) is 0 Å². The molecule has 0 radical (unpaired) electrons. The largest absolute Gasteiger partial charge is 0.463 e. The van der Waals surface area contributed by atoms with E-state index in [9.17, 15) is 19.7 Å². The molecule has 2 aliphatic heterocycles. The number of rotatable bonds is 5. The molecule has 3 aromatic rings. The van der Waals surface area contributed by atoms with E-state index in [1.54, 1.807) is 51.1 Å². The molecule has 1 aromatic heterocycles. The van der Waals surface area contributed by atoms with Crippen LogP contribution in [0.15, 0.2) is 57.5 Å². The standard InChI is InChI=1S/C25H21N3O7S/c1-4-33-24(30)21-14(3)26-25-27(22(21)16-7-5-13(2)17(11-16)28(31)32)23(29)20(36-25)10-15-6-8-18-19(9-15)35-12-34-18/h5-11,22H,4,12H2,1-3H3/b20-10+/t22-/m1/s1. The van der Waals surface area contributed by atoms with E-state index in [-0.39, 0.29) is 30.2 Å². The Hall–Kier alpha value is -4.25. The Balaban J connectivity index is 1.72. The number of aromatic nitrogens is 1. The quantitative estimate of drug-likeness (QED) is 0.296. The van der Waals surface area contributed by atoms with Gasteiger partial charge in [0.1, 0.15) is 0 Å². The third kappa shape index (κ3) is 3.97. The predicted octanol–water partition coefficient (Wildman–Crippen LogP) is 2.74. The lowest BCUT2D eigenvalue weighted by molar-refractivity contribution is -0.385. The number of thiazole rings is 1. The Morgan fingerprint density at radius 2 is 2.03 bits per heavy atom. The second-order valence-corrected chi connectivity index (χ2v) is 9.23. The fourth-order valence-electron chi connectivity index (χ4n) is 4.25. The minimum absolute atomic E-state index is 0.104. The number of nitrogens with zero attached hydrogens (tertiary/aromatic N) is 3. The molecule has 1 atom stereocenters. The number of nitro groups is 1. The van der Waals surface area contributed by atoms with Crippen LogP contribution in [-0.4, -0.2) is 28.9 Å². The number of carbonyl (C=O) groups excluding carboxylic acids is 1. The highest BCUT2D eigenvalue weighted by molar-refractivity contribution is 7.07. The maximum Gasteiger partial charge on any atom is 0.338 e. The lowest BCUT2D eigenvalue weighted by atomic mass is 9.94. The average Bonchev–Trinajstić information content (AvgIpc) is 3.42. The number of fused-ring (bicyclic) bond motifs is 2. The van der Waals surface area contributed by atoms with Crippen molar-refractivity contribution < 1.29 is 23.9 Å². The summed E-state index contributed by atoms with van der Waals surface area (Å²) in [6.45, 7) is 5.24. The summed E-state index contributed by atoms with van der Waals surface area (Å²) in [7, 11) is 0. The Morgan fingerprint density at radius 1 is 1.25 bits per heavy atom.